The van der Waals surface area contributed by atoms with Gasteiger partial charge in [-0.15, -0.1) is 0 Å². The Morgan fingerprint density at radius 1 is 1.10 bits per heavy atom. The number of hydrogen-bond donors (Lipinski definition) is 1. The maximum absolute atomic E-state index is 13.0. The van der Waals surface area contributed by atoms with Crippen molar-refractivity contribution in [2.24, 2.45) is 5.92 Å². The van der Waals surface area contributed by atoms with Crippen LogP contribution in [0.4, 0.5) is 0 Å². The lowest BCUT2D eigenvalue weighted by Gasteiger charge is -2.32. The van der Waals surface area contributed by atoms with Crippen LogP contribution in [0.3, 0.4) is 0 Å². The number of carbonyl (C=O) groups excluding carboxylic acids is 1. The van der Waals surface area contributed by atoms with Crippen LogP contribution >= 0.6 is 0 Å². The Morgan fingerprint density at radius 3 is 2.52 bits per heavy atom. The van der Waals surface area contributed by atoms with Crippen molar-refractivity contribution in [1.29, 1.82) is 0 Å². The minimum Gasteiger partial charge on any atom is -0.493 e. The minimum atomic E-state index is 0.0101. The van der Waals surface area contributed by atoms with Crippen LogP contribution in [-0.2, 0) is 0 Å². The third-order valence-corrected chi connectivity index (χ3v) is 5.47. The number of carbonyl (C=O) groups is 1. The van der Waals surface area contributed by atoms with Gasteiger partial charge in [0, 0.05) is 24.6 Å². The fourth-order valence-corrected chi connectivity index (χ4v) is 3.71. The molecular formula is C24H27N3O2. The Labute approximate surface area is 171 Å². The van der Waals surface area contributed by atoms with Crippen LogP contribution in [0.2, 0.25) is 0 Å². The Balaban J connectivity index is 1.37. The van der Waals surface area contributed by atoms with Crippen LogP contribution in [0.1, 0.15) is 34.5 Å². The van der Waals surface area contributed by atoms with Gasteiger partial charge in [0.2, 0.25) is 0 Å². The molecule has 1 amide bonds. The maximum Gasteiger partial charge on any atom is 0.271 e. The number of aryl methyl sites for hydroxylation is 2. The van der Waals surface area contributed by atoms with Crippen molar-refractivity contribution in [3.05, 3.63) is 71.4 Å². The number of H-pyrrole nitrogens is 1. The van der Waals surface area contributed by atoms with Crippen LogP contribution in [0.5, 0.6) is 5.75 Å². The van der Waals surface area contributed by atoms with E-state index in [1.54, 1.807) is 0 Å². The van der Waals surface area contributed by atoms with Crippen LogP contribution in [0, 0.1) is 19.8 Å². The summed E-state index contributed by atoms with van der Waals surface area (Å²) in [7, 11) is 0. The summed E-state index contributed by atoms with van der Waals surface area (Å²) in [6, 6.07) is 18.1. The zero-order valence-corrected chi connectivity index (χ0v) is 17.0. The first-order valence-corrected chi connectivity index (χ1v) is 10.2. The molecule has 0 radical (unpaired) electrons. The molecule has 150 valence electrons. The lowest BCUT2D eigenvalue weighted by molar-refractivity contribution is 0.0627. The van der Waals surface area contributed by atoms with Gasteiger partial charge in [-0.3, -0.25) is 9.89 Å². The van der Waals surface area contributed by atoms with Crippen molar-refractivity contribution in [2.75, 3.05) is 19.7 Å². The molecule has 0 aliphatic carbocycles. The molecule has 1 saturated heterocycles. The van der Waals surface area contributed by atoms with Gasteiger partial charge in [-0.25, -0.2) is 0 Å². The second-order valence-corrected chi connectivity index (χ2v) is 7.92. The number of ether oxygens (including phenoxy) is 1. The molecule has 4 rings (SSSR count). The highest BCUT2D eigenvalue weighted by molar-refractivity contribution is 5.93. The maximum atomic E-state index is 13.0. The van der Waals surface area contributed by atoms with E-state index in [0.29, 0.717) is 24.8 Å². The van der Waals surface area contributed by atoms with Crippen LogP contribution < -0.4 is 4.74 Å². The Kier molecular flexibility index (Phi) is 5.65. The average Bonchev–Trinajstić information content (AvgIpc) is 3.24. The van der Waals surface area contributed by atoms with Gasteiger partial charge in [0.25, 0.3) is 5.91 Å². The zero-order chi connectivity index (χ0) is 20.2. The van der Waals surface area contributed by atoms with Gasteiger partial charge in [0.15, 0.2) is 0 Å². The van der Waals surface area contributed by atoms with Gasteiger partial charge in [-0.05, 0) is 44.9 Å². The standard InChI is InChI=1S/C24H27N3O2/c1-17-5-9-20(10-6-17)22-14-23(26-25-22)24(28)27-13-3-4-19(15-27)16-29-21-11-7-18(2)8-12-21/h5-12,14,19H,3-4,13,15-16H2,1-2H3,(H,25,26)/t19-/m1/s1. The smallest absolute Gasteiger partial charge is 0.271 e. The molecular weight excluding hydrogens is 362 g/mol. The molecule has 2 heterocycles. The predicted molar refractivity (Wildman–Crippen MR) is 114 cm³/mol. The molecule has 0 unspecified atom stereocenters. The molecule has 3 aromatic rings. The number of rotatable bonds is 5. The van der Waals surface area contributed by atoms with E-state index < -0.39 is 0 Å². The first kappa shape index (κ1) is 19.2. The number of hydrogen-bond acceptors (Lipinski definition) is 3. The highest BCUT2D eigenvalue weighted by Crippen LogP contribution is 2.22. The molecule has 29 heavy (non-hydrogen) atoms. The predicted octanol–water partition coefficient (Wildman–Crippen LogP) is 4.62. The van der Waals surface area contributed by atoms with Gasteiger partial charge in [0.1, 0.15) is 11.4 Å². The first-order valence-electron chi connectivity index (χ1n) is 10.2. The number of piperidine rings is 1. The van der Waals surface area contributed by atoms with Gasteiger partial charge in [0.05, 0.1) is 12.3 Å². The van der Waals surface area contributed by atoms with Crippen molar-refractivity contribution in [2.45, 2.75) is 26.7 Å². The lowest BCUT2D eigenvalue weighted by Crippen LogP contribution is -2.41. The summed E-state index contributed by atoms with van der Waals surface area (Å²) in [6.45, 7) is 6.24. The lowest BCUT2D eigenvalue weighted by atomic mass is 9.98. The molecule has 0 spiro atoms. The van der Waals surface area contributed by atoms with Gasteiger partial charge >= 0.3 is 0 Å². The van der Waals surface area contributed by atoms with Crippen molar-refractivity contribution in [3.8, 4) is 17.0 Å². The van der Waals surface area contributed by atoms with E-state index >= 15 is 0 Å². The number of likely N-dealkylation sites (tertiary alicyclic amines) is 1. The third kappa shape index (κ3) is 4.67. The normalized spacial score (nSPS) is 16.6. The monoisotopic (exact) mass is 389 g/mol. The molecule has 1 fully saturated rings. The van der Waals surface area contributed by atoms with Gasteiger partial charge < -0.3 is 9.64 Å². The Hall–Kier alpha value is -3.08. The van der Waals surface area contributed by atoms with E-state index in [1.165, 1.54) is 11.1 Å². The topological polar surface area (TPSA) is 58.2 Å². The molecule has 2 aromatic carbocycles. The molecule has 0 bridgehead atoms. The number of aromatic nitrogens is 2. The van der Waals surface area contributed by atoms with Crippen LogP contribution in [0.25, 0.3) is 11.3 Å². The average molecular weight is 389 g/mol. The molecule has 1 aliphatic heterocycles. The molecule has 5 heteroatoms. The molecule has 1 aromatic heterocycles. The van der Waals surface area contributed by atoms with E-state index in [2.05, 4.69) is 48.3 Å². The van der Waals surface area contributed by atoms with Crippen molar-refractivity contribution >= 4 is 5.91 Å². The van der Waals surface area contributed by atoms with Crippen LogP contribution in [0.15, 0.2) is 54.6 Å². The van der Waals surface area contributed by atoms with E-state index in [0.717, 1.165) is 36.4 Å². The Morgan fingerprint density at radius 2 is 1.79 bits per heavy atom. The summed E-state index contributed by atoms with van der Waals surface area (Å²) in [5, 5.41) is 7.26. The zero-order valence-electron chi connectivity index (χ0n) is 17.0. The summed E-state index contributed by atoms with van der Waals surface area (Å²) >= 11 is 0. The number of aromatic amines is 1. The van der Waals surface area contributed by atoms with Gasteiger partial charge in [-0.1, -0.05) is 47.5 Å². The summed E-state index contributed by atoms with van der Waals surface area (Å²) in [6.07, 6.45) is 2.07. The van der Waals surface area contributed by atoms with E-state index in [9.17, 15) is 4.79 Å². The summed E-state index contributed by atoms with van der Waals surface area (Å²) in [5.74, 6) is 1.24. The van der Waals surface area contributed by atoms with Crippen molar-refractivity contribution in [3.63, 3.8) is 0 Å². The quantitative estimate of drug-likeness (QED) is 0.692. The molecule has 0 saturated carbocycles. The summed E-state index contributed by atoms with van der Waals surface area (Å²) in [4.78, 5) is 14.9. The molecule has 1 atom stereocenters. The van der Waals surface area contributed by atoms with E-state index in [-0.39, 0.29) is 5.91 Å². The Bertz CT molecular complexity index is 961. The number of benzene rings is 2. The highest BCUT2D eigenvalue weighted by atomic mass is 16.5. The van der Waals surface area contributed by atoms with E-state index in [1.807, 2.05) is 35.2 Å². The van der Waals surface area contributed by atoms with Gasteiger partial charge in [-0.2, -0.15) is 5.10 Å². The highest BCUT2D eigenvalue weighted by Gasteiger charge is 2.26. The molecule has 1 aliphatic rings. The second kappa shape index (κ2) is 8.52. The summed E-state index contributed by atoms with van der Waals surface area (Å²) in [5.41, 5.74) is 4.77. The van der Waals surface area contributed by atoms with Crippen molar-refractivity contribution in [1.82, 2.24) is 15.1 Å². The second-order valence-electron chi connectivity index (χ2n) is 7.92. The first-order chi connectivity index (χ1) is 14.1. The number of nitrogens with zero attached hydrogens (tertiary/aromatic N) is 2. The molecule has 1 N–H and O–H groups in total. The van der Waals surface area contributed by atoms with E-state index in [4.69, 9.17) is 4.74 Å². The number of nitrogens with one attached hydrogen (secondary N) is 1. The van der Waals surface area contributed by atoms with Crippen LogP contribution in [-0.4, -0.2) is 40.7 Å². The summed E-state index contributed by atoms with van der Waals surface area (Å²) < 4.78 is 5.95. The number of amides is 1. The third-order valence-electron chi connectivity index (χ3n) is 5.47. The van der Waals surface area contributed by atoms with Crippen molar-refractivity contribution < 1.29 is 9.53 Å². The fourth-order valence-electron chi connectivity index (χ4n) is 3.71. The largest absolute Gasteiger partial charge is 0.493 e. The SMILES string of the molecule is Cc1ccc(OC[C@@H]2CCCN(C(=O)c3cc(-c4ccc(C)cc4)n[nH]3)C2)cc1. The minimum absolute atomic E-state index is 0.0101. The molecule has 5 nitrogen and oxygen atoms in total. The fraction of sp³-hybridized carbons (Fsp3) is 0.333.